The summed E-state index contributed by atoms with van der Waals surface area (Å²) in [6, 6.07) is 7.78. The van der Waals surface area contributed by atoms with Crippen LogP contribution in [0.1, 0.15) is 36.7 Å². The van der Waals surface area contributed by atoms with Crippen LogP contribution in [0.2, 0.25) is 0 Å². The van der Waals surface area contributed by atoms with Crippen LogP contribution >= 0.6 is 0 Å². The number of carbonyl (C=O) groups is 1. The van der Waals surface area contributed by atoms with E-state index in [1.165, 1.54) is 17.5 Å². The van der Waals surface area contributed by atoms with E-state index in [0.717, 1.165) is 41.3 Å². The highest BCUT2D eigenvalue weighted by atomic mass is 16.6. The minimum absolute atomic E-state index is 0.0517. The van der Waals surface area contributed by atoms with Gasteiger partial charge in [-0.25, -0.2) is 4.98 Å². The molecule has 0 atom stereocenters. The molecule has 1 aromatic carbocycles. The van der Waals surface area contributed by atoms with Crippen LogP contribution in [0.4, 0.5) is 17.2 Å². The second-order valence-corrected chi connectivity index (χ2v) is 8.68. The second-order valence-electron chi connectivity index (χ2n) is 8.68. The molecule has 168 valence electrons. The summed E-state index contributed by atoms with van der Waals surface area (Å²) in [7, 11) is 0. The van der Waals surface area contributed by atoms with Crippen molar-refractivity contribution in [3.05, 3.63) is 51.3 Å². The first-order valence-electron chi connectivity index (χ1n) is 10.9. The number of pyridine rings is 1. The Hall–Kier alpha value is -3.49. The number of piperidine rings is 1. The first-order valence-corrected chi connectivity index (χ1v) is 10.9. The van der Waals surface area contributed by atoms with Gasteiger partial charge in [-0.1, -0.05) is 6.92 Å². The summed E-state index contributed by atoms with van der Waals surface area (Å²) >= 11 is 0. The fourth-order valence-corrected chi connectivity index (χ4v) is 4.30. The summed E-state index contributed by atoms with van der Waals surface area (Å²) in [5.74, 6) is 1.47. The molecule has 3 aromatic rings. The van der Waals surface area contributed by atoms with Crippen molar-refractivity contribution in [3.63, 3.8) is 0 Å². The molecule has 0 bridgehead atoms. The molecule has 4 rings (SSSR count). The van der Waals surface area contributed by atoms with Crippen LogP contribution in [-0.2, 0) is 11.3 Å². The number of rotatable bonds is 5. The summed E-state index contributed by atoms with van der Waals surface area (Å²) in [5, 5.41) is 19.2. The van der Waals surface area contributed by atoms with Gasteiger partial charge in [0.25, 0.3) is 0 Å². The Labute approximate surface area is 186 Å². The molecule has 2 aromatic heterocycles. The van der Waals surface area contributed by atoms with Crippen LogP contribution in [0.25, 0.3) is 10.9 Å². The van der Waals surface area contributed by atoms with Gasteiger partial charge in [0.15, 0.2) is 0 Å². The summed E-state index contributed by atoms with van der Waals surface area (Å²) in [6.07, 6.45) is 2.37. The first-order chi connectivity index (χ1) is 15.2. The Morgan fingerprint density at radius 1 is 1.22 bits per heavy atom. The van der Waals surface area contributed by atoms with E-state index < -0.39 is 4.92 Å². The molecule has 9 nitrogen and oxygen atoms in total. The zero-order chi connectivity index (χ0) is 23.0. The van der Waals surface area contributed by atoms with Crippen LogP contribution in [0, 0.1) is 36.8 Å². The molecule has 1 saturated heterocycles. The number of nitro groups is 1. The Bertz CT molecular complexity index is 1190. The number of carbonyl (C=O) groups excluding carboxylic acids is 1. The highest BCUT2D eigenvalue weighted by Crippen LogP contribution is 2.28. The summed E-state index contributed by atoms with van der Waals surface area (Å²) in [6.45, 7) is 9.47. The lowest BCUT2D eigenvalue weighted by molar-refractivity contribution is -0.386. The van der Waals surface area contributed by atoms with Crippen molar-refractivity contribution < 1.29 is 9.72 Å². The van der Waals surface area contributed by atoms with E-state index in [1.54, 1.807) is 13.8 Å². The van der Waals surface area contributed by atoms with Crippen molar-refractivity contribution in [3.8, 4) is 0 Å². The van der Waals surface area contributed by atoms with Gasteiger partial charge in [-0.3, -0.25) is 19.6 Å². The summed E-state index contributed by atoms with van der Waals surface area (Å²) in [5.41, 5.74) is 3.26. The Balaban J connectivity index is 1.51. The van der Waals surface area contributed by atoms with E-state index in [1.807, 2.05) is 18.2 Å². The summed E-state index contributed by atoms with van der Waals surface area (Å²) < 4.78 is 1.36. The third-order valence-corrected chi connectivity index (χ3v) is 6.21. The van der Waals surface area contributed by atoms with E-state index in [2.05, 4.69) is 35.2 Å². The topological polar surface area (TPSA) is 106 Å². The quantitative estimate of drug-likeness (QED) is 0.476. The molecule has 0 spiro atoms. The SMILES string of the molecule is Cc1nn(CC(=O)Nc2ccc3nc(N4CCC(C)CC4)cc(C)c3c2)c(C)c1[N+](=O)[O-]. The highest BCUT2D eigenvalue weighted by molar-refractivity contribution is 5.94. The number of amides is 1. The molecule has 1 aliphatic heterocycles. The fraction of sp³-hybridized carbons (Fsp3) is 0.435. The molecule has 0 saturated carbocycles. The van der Waals surface area contributed by atoms with E-state index in [4.69, 9.17) is 4.98 Å². The predicted molar refractivity (Wildman–Crippen MR) is 124 cm³/mol. The Morgan fingerprint density at radius 2 is 1.94 bits per heavy atom. The molecular formula is C23H28N6O3. The van der Waals surface area contributed by atoms with Crippen LogP contribution in [0.3, 0.4) is 0 Å². The number of hydrogen-bond donors (Lipinski definition) is 1. The third-order valence-electron chi connectivity index (χ3n) is 6.21. The zero-order valence-electron chi connectivity index (χ0n) is 18.9. The highest BCUT2D eigenvalue weighted by Gasteiger charge is 2.23. The van der Waals surface area contributed by atoms with Crippen LogP contribution in [-0.4, -0.2) is 38.7 Å². The van der Waals surface area contributed by atoms with Gasteiger partial charge >= 0.3 is 5.69 Å². The average molecular weight is 437 g/mol. The molecule has 0 aliphatic carbocycles. The monoisotopic (exact) mass is 436 g/mol. The second kappa shape index (κ2) is 8.57. The van der Waals surface area contributed by atoms with Crippen LogP contribution in [0.15, 0.2) is 24.3 Å². The maximum atomic E-state index is 12.6. The van der Waals surface area contributed by atoms with Gasteiger partial charge in [-0.15, -0.1) is 0 Å². The van der Waals surface area contributed by atoms with E-state index in [0.29, 0.717) is 17.1 Å². The van der Waals surface area contributed by atoms with Crippen molar-refractivity contribution in [2.45, 2.75) is 47.1 Å². The number of anilines is 2. The van der Waals surface area contributed by atoms with E-state index >= 15 is 0 Å². The number of nitrogens with zero attached hydrogens (tertiary/aromatic N) is 5. The van der Waals surface area contributed by atoms with Gasteiger partial charge in [-0.05, 0) is 69.4 Å². The number of hydrogen-bond acceptors (Lipinski definition) is 6. The first kappa shape index (κ1) is 21.7. The van der Waals surface area contributed by atoms with Crippen LogP contribution in [0.5, 0.6) is 0 Å². The van der Waals surface area contributed by atoms with Gasteiger partial charge in [0.2, 0.25) is 5.91 Å². The normalized spacial score (nSPS) is 14.7. The standard InChI is InChI=1S/C23H28N6O3/c1-14-7-9-27(10-8-14)21-11-15(2)19-12-18(5-6-20(19)25-21)24-22(30)13-28-17(4)23(29(31)32)16(3)26-28/h5-6,11-12,14H,7-10,13H2,1-4H3,(H,24,30). The molecular weight excluding hydrogens is 408 g/mol. The zero-order valence-corrected chi connectivity index (χ0v) is 18.9. The fourth-order valence-electron chi connectivity index (χ4n) is 4.30. The maximum Gasteiger partial charge on any atom is 0.312 e. The van der Waals surface area contributed by atoms with Crippen molar-refractivity contribution in [2.75, 3.05) is 23.3 Å². The lowest BCUT2D eigenvalue weighted by Gasteiger charge is -2.31. The van der Waals surface area contributed by atoms with Gasteiger partial charge in [0.05, 0.1) is 10.4 Å². The molecule has 1 aliphatic rings. The minimum atomic E-state index is -0.468. The number of nitrogens with one attached hydrogen (secondary N) is 1. The molecule has 1 N–H and O–H groups in total. The molecule has 9 heteroatoms. The van der Waals surface area contributed by atoms with Crippen molar-refractivity contribution >= 4 is 34.0 Å². The van der Waals surface area contributed by atoms with Gasteiger partial charge in [0.1, 0.15) is 23.8 Å². The molecule has 3 heterocycles. The minimum Gasteiger partial charge on any atom is -0.357 e. The van der Waals surface area contributed by atoms with Crippen molar-refractivity contribution in [1.29, 1.82) is 0 Å². The van der Waals surface area contributed by atoms with Gasteiger partial charge in [-0.2, -0.15) is 5.10 Å². The predicted octanol–water partition coefficient (Wildman–Crippen LogP) is 4.14. The number of benzene rings is 1. The largest absolute Gasteiger partial charge is 0.357 e. The Morgan fingerprint density at radius 3 is 2.59 bits per heavy atom. The van der Waals surface area contributed by atoms with Gasteiger partial charge in [0, 0.05) is 24.2 Å². The summed E-state index contributed by atoms with van der Waals surface area (Å²) in [4.78, 5) is 30.5. The smallest absolute Gasteiger partial charge is 0.312 e. The lowest BCUT2D eigenvalue weighted by atomic mass is 9.99. The van der Waals surface area contributed by atoms with E-state index in [9.17, 15) is 14.9 Å². The van der Waals surface area contributed by atoms with E-state index in [-0.39, 0.29) is 18.1 Å². The molecule has 32 heavy (non-hydrogen) atoms. The number of fused-ring (bicyclic) bond motifs is 1. The maximum absolute atomic E-state index is 12.6. The molecule has 0 unspecified atom stereocenters. The Kier molecular flexibility index (Phi) is 5.82. The average Bonchev–Trinajstić information content (AvgIpc) is 3.01. The molecule has 0 radical (unpaired) electrons. The van der Waals surface area contributed by atoms with Crippen LogP contribution < -0.4 is 10.2 Å². The molecule has 1 fully saturated rings. The third kappa shape index (κ3) is 4.28. The molecule has 1 amide bonds. The van der Waals surface area contributed by atoms with Gasteiger partial charge < -0.3 is 10.2 Å². The van der Waals surface area contributed by atoms with Crippen molar-refractivity contribution in [2.24, 2.45) is 5.92 Å². The lowest BCUT2D eigenvalue weighted by Crippen LogP contribution is -2.33. The number of aryl methyl sites for hydroxylation is 2. The number of aromatic nitrogens is 3. The van der Waals surface area contributed by atoms with Crippen molar-refractivity contribution in [1.82, 2.24) is 14.8 Å².